The molecule has 0 aliphatic heterocycles. The normalized spacial score (nSPS) is 18.2. The van der Waals surface area contributed by atoms with Gasteiger partial charge < -0.3 is 5.73 Å². The fourth-order valence-electron chi connectivity index (χ4n) is 3.18. The molecule has 0 aromatic heterocycles. The lowest BCUT2D eigenvalue weighted by molar-refractivity contribution is 0.144. The van der Waals surface area contributed by atoms with Gasteiger partial charge in [-0.05, 0) is 37.6 Å². The van der Waals surface area contributed by atoms with Crippen molar-refractivity contribution in [2.24, 2.45) is 5.73 Å². The van der Waals surface area contributed by atoms with Crippen LogP contribution in [-0.4, -0.2) is 24.0 Å². The largest absolute Gasteiger partial charge is 0.329 e. The minimum absolute atomic E-state index is 0.0770. The van der Waals surface area contributed by atoms with E-state index >= 15 is 0 Å². The van der Waals surface area contributed by atoms with Gasteiger partial charge >= 0.3 is 0 Å². The second-order valence-corrected chi connectivity index (χ2v) is 5.62. The van der Waals surface area contributed by atoms with Crippen molar-refractivity contribution in [1.29, 1.82) is 0 Å². The van der Waals surface area contributed by atoms with Crippen LogP contribution in [0.2, 0.25) is 5.02 Å². The van der Waals surface area contributed by atoms with Gasteiger partial charge in [0.25, 0.3) is 0 Å². The number of benzene rings is 1. The summed E-state index contributed by atoms with van der Waals surface area (Å²) in [5.41, 5.74) is 6.54. The van der Waals surface area contributed by atoms with Crippen LogP contribution in [-0.2, 0) is 0 Å². The van der Waals surface area contributed by atoms with Crippen LogP contribution in [0.5, 0.6) is 0 Å². The third-order valence-electron chi connectivity index (χ3n) is 4.10. The molecule has 19 heavy (non-hydrogen) atoms. The zero-order valence-corrected chi connectivity index (χ0v) is 12.2. The van der Waals surface area contributed by atoms with Gasteiger partial charge in [-0.25, -0.2) is 4.39 Å². The summed E-state index contributed by atoms with van der Waals surface area (Å²) >= 11 is 6.00. The van der Waals surface area contributed by atoms with Gasteiger partial charge in [0.1, 0.15) is 5.82 Å². The van der Waals surface area contributed by atoms with E-state index < -0.39 is 0 Å². The summed E-state index contributed by atoms with van der Waals surface area (Å²) in [5, 5.41) is 0.567. The monoisotopic (exact) mass is 284 g/mol. The third-order valence-corrected chi connectivity index (χ3v) is 4.33. The number of hydrogen-bond acceptors (Lipinski definition) is 2. The van der Waals surface area contributed by atoms with E-state index in [0.29, 0.717) is 23.2 Å². The second kappa shape index (κ2) is 6.69. The molecule has 1 saturated carbocycles. The van der Waals surface area contributed by atoms with Gasteiger partial charge in [-0.15, -0.1) is 0 Å². The van der Waals surface area contributed by atoms with Crippen LogP contribution < -0.4 is 5.73 Å². The summed E-state index contributed by atoms with van der Waals surface area (Å²) in [5.74, 6) is -0.212. The molecule has 0 heterocycles. The first-order valence-corrected chi connectivity index (χ1v) is 7.46. The Morgan fingerprint density at radius 2 is 2.11 bits per heavy atom. The molecule has 1 atom stereocenters. The van der Waals surface area contributed by atoms with E-state index in [2.05, 4.69) is 11.8 Å². The molecule has 2 rings (SSSR count). The van der Waals surface area contributed by atoms with Crippen LogP contribution in [0, 0.1) is 5.82 Å². The zero-order chi connectivity index (χ0) is 13.8. The number of rotatable bonds is 5. The maximum absolute atomic E-state index is 14.0. The average molecular weight is 285 g/mol. The van der Waals surface area contributed by atoms with Crippen LogP contribution in [0.25, 0.3) is 0 Å². The molecule has 106 valence electrons. The molecule has 1 aliphatic rings. The van der Waals surface area contributed by atoms with Crippen LogP contribution >= 0.6 is 11.6 Å². The van der Waals surface area contributed by atoms with E-state index in [1.54, 1.807) is 12.1 Å². The fourth-order valence-corrected chi connectivity index (χ4v) is 3.36. The summed E-state index contributed by atoms with van der Waals surface area (Å²) in [6.07, 6.45) is 4.89. The SMILES string of the molecule is CCN(C1CCCC1)C(CN)c1cc(Cl)ccc1F. The molecule has 4 heteroatoms. The topological polar surface area (TPSA) is 29.3 Å². The van der Waals surface area contributed by atoms with Crippen molar-refractivity contribution in [2.45, 2.75) is 44.7 Å². The van der Waals surface area contributed by atoms with Gasteiger partial charge in [0.05, 0.1) is 6.04 Å². The summed E-state index contributed by atoms with van der Waals surface area (Å²) < 4.78 is 14.0. The molecule has 0 bridgehead atoms. The summed E-state index contributed by atoms with van der Waals surface area (Å²) in [6, 6.07) is 5.18. The zero-order valence-electron chi connectivity index (χ0n) is 11.4. The van der Waals surface area contributed by atoms with Gasteiger partial charge in [-0.3, -0.25) is 4.90 Å². The van der Waals surface area contributed by atoms with E-state index in [1.165, 1.54) is 31.7 Å². The molecule has 0 radical (unpaired) electrons. The molecular formula is C15H22ClFN2. The van der Waals surface area contributed by atoms with Crippen molar-refractivity contribution in [2.75, 3.05) is 13.1 Å². The van der Waals surface area contributed by atoms with E-state index in [1.807, 2.05) is 0 Å². The highest BCUT2D eigenvalue weighted by molar-refractivity contribution is 6.30. The van der Waals surface area contributed by atoms with Crippen LogP contribution in [0.3, 0.4) is 0 Å². The first kappa shape index (κ1) is 14.8. The van der Waals surface area contributed by atoms with Crippen molar-refractivity contribution in [3.63, 3.8) is 0 Å². The van der Waals surface area contributed by atoms with Crippen LogP contribution in [0.4, 0.5) is 4.39 Å². The fraction of sp³-hybridized carbons (Fsp3) is 0.600. The van der Waals surface area contributed by atoms with Crippen molar-refractivity contribution in [1.82, 2.24) is 4.90 Å². The number of nitrogens with zero attached hydrogens (tertiary/aromatic N) is 1. The third kappa shape index (κ3) is 3.28. The number of hydrogen-bond donors (Lipinski definition) is 1. The lowest BCUT2D eigenvalue weighted by Gasteiger charge is -2.35. The molecule has 1 aromatic rings. The molecule has 1 fully saturated rings. The Labute approximate surface area is 119 Å². The standard InChI is InChI=1S/C15H22ClFN2/c1-2-19(12-5-3-4-6-12)15(10-18)13-9-11(16)7-8-14(13)17/h7-9,12,15H,2-6,10,18H2,1H3. The maximum Gasteiger partial charge on any atom is 0.128 e. The van der Waals surface area contributed by atoms with E-state index in [4.69, 9.17) is 17.3 Å². The van der Waals surface area contributed by atoms with Crippen molar-refractivity contribution in [3.8, 4) is 0 Å². The van der Waals surface area contributed by atoms with E-state index in [9.17, 15) is 4.39 Å². The molecular weight excluding hydrogens is 263 g/mol. The Bertz CT molecular complexity index is 419. The van der Waals surface area contributed by atoms with Crippen LogP contribution in [0.15, 0.2) is 18.2 Å². The molecule has 0 spiro atoms. The molecule has 1 unspecified atom stereocenters. The average Bonchev–Trinajstić information content (AvgIpc) is 2.92. The van der Waals surface area contributed by atoms with Crippen molar-refractivity contribution in [3.05, 3.63) is 34.6 Å². The highest BCUT2D eigenvalue weighted by Gasteiger charge is 2.29. The number of nitrogens with two attached hydrogens (primary N) is 1. The molecule has 2 nitrogen and oxygen atoms in total. The molecule has 1 aromatic carbocycles. The second-order valence-electron chi connectivity index (χ2n) is 5.19. The lowest BCUT2D eigenvalue weighted by Crippen LogP contribution is -2.40. The highest BCUT2D eigenvalue weighted by atomic mass is 35.5. The summed E-state index contributed by atoms with van der Waals surface area (Å²) in [7, 11) is 0. The molecule has 0 saturated heterocycles. The Morgan fingerprint density at radius 1 is 1.42 bits per heavy atom. The Balaban J connectivity index is 2.28. The summed E-state index contributed by atoms with van der Waals surface area (Å²) in [6.45, 7) is 3.42. The first-order chi connectivity index (χ1) is 9.17. The lowest BCUT2D eigenvalue weighted by atomic mass is 10.0. The van der Waals surface area contributed by atoms with Gasteiger partial charge in [-0.1, -0.05) is 31.4 Å². The molecule has 2 N–H and O–H groups in total. The van der Waals surface area contributed by atoms with Crippen molar-refractivity contribution < 1.29 is 4.39 Å². The van der Waals surface area contributed by atoms with Gasteiger partial charge in [0.15, 0.2) is 0 Å². The first-order valence-electron chi connectivity index (χ1n) is 7.08. The van der Waals surface area contributed by atoms with Gasteiger partial charge in [0.2, 0.25) is 0 Å². The highest BCUT2D eigenvalue weighted by Crippen LogP contribution is 2.32. The Kier molecular flexibility index (Phi) is 5.20. The van der Waals surface area contributed by atoms with Gasteiger partial charge in [-0.2, -0.15) is 0 Å². The van der Waals surface area contributed by atoms with E-state index in [-0.39, 0.29) is 11.9 Å². The van der Waals surface area contributed by atoms with Crippen LogP contribution in [0.1, 0.15) is 44.2 Å². The predicted octanol–water partition coefficient (Wildman–Crippen LogP) is 3.74. The predicted molar refractivity (Wildman–Crippen MR) is 77.8 cm³/mol. The minimum Gasteiger partial charge on any atom is -0.329 e. The quantitative estimate of drug-likeness (QED) is 0.892. The smallest absolute Gasteiger partial charge is 0.128 e. The summed E-state index contributed by atoms with van der Waals surface area (Å²) in [4.78, 5) is 2.34. The molecule has 0 amide bonds. The van der Waals surface area contributed by atoms with E-state index in [0.717, 1.165) is 6.54 Å². The van der Waals surface area contributed by atoms with Gasteiger partial charge in [0, 0.05) is 23.2 Å². The Morgan fingerprint density at radius 3 is 2.68 bits per heavy atom. The van der Waals surface area contributed by atoms with Crippen molar-refractivity contribution >= 4 is 11.6 Å². The Hall–Kier alpha value is -0.640. The number of likely N-dealkylation sites (N-methyl/N-ethyl adjacent to an activating group) is 1. The maximum atomic E-state index is 14.0. The molecule has 1 aliphatic carbocycles. The number of halogens is 2. The minimum atomic E-state index is -0.212.